The molecule has 0 saturated carbocycles. The maximum atomic E-state index is 12.2. The van der Waals surface area contributed by atoms with Crippen LogP contribution in [0.15, 0.2) is 0 Å². The molecule has 1 amide bonds. The standard InChI is InChI=1S/C17H33NO3Si/c1-12-14(18(9)15(19)20-16(3,4)5)13(2)21-22(10,11)17(6,7)8/h1,13-14H,2-11H3/t13-,14-/m1/s1. The third-order valence-electron chi connectivity index (χ3n) is 4.00. The maximum Gasteiger partial charge on any atom is 0.411 e. The summed E-state index contributed by atoms with van der Waals surface area (Å²) < 4.78 is 11.7. The van der Waals surface area contributed by atoms with Crippen LogP contribution in [0.4, 0.5) is 4.79 Å². The van der Waals surface area contributed by atoms with Crippen molar-refractivity contribution in [3.63, 3.8) is 0 Å². The molecule has 0 aromatic carbocycles. The summed E-state index contributed by atoms with van der Waals surface area (Å²) in [5.41, 5.74) is -0.548. The quantitative estimate of drug-likeness (QED) is 0.572. The highest BCUT2D eigenvalue weighted by atomic mass is 28.4. The van der Waals surface area contributed by atoms with Crippen LogP contribution in [-0.4, -0.2) is 44.1 Å². The van der Waals surface area contributed by atoms with Gasteiger partial charge >= 0.3 is 6.09 Å². The van der Waals surface area contributed by atoms with Gasteiger partial charge in [-0.1, -0.05) is 26.7 Å². The van der Waals surface area contributed by atoms with Crippen LogP contribution in [0.3, 0.4) is 0 Å². The molecule has 0 radical (unpaired) electrons. The van der Waals surface area contributed by atoms with E-state index in [1.807, 2.05) is 27.7 Å². The summed E-state index contributed by atoms with van der Waals surface area (Å²) in [6.07, 6.45) is 4.96. The van der Waals surface area contributed by atoms with Crippen molar-refractivity contribution in [3.05, 3.63) is 0 Å². The van der Waals surface area contributed by atoms with Crippen molar-refractivity contribution >= 4 is 14.4 Å². The first-order valence-corrected chi connectivity index (χ1v) is 10.6. The molecular formula is C17H33NO3Si. The van der Waals surface area contributed by atoms with E-state index < -0.39 is 26.1 Å². The molecule has 0 aliphatic rings. The molecule has 2 atom stereocenters. The van der Waals surface area contributed by atoms with Crippen molar-refractivity contribution < 1.29 is 14.0 Å². The van der Waals surface area contributed by atoms with Crippen molar-refractivity contribution in [1.29, 1.82) is 0 Å². The van der Waals surface area contributed by atoms with Crippen LogP contribution in [-0.2, 0) is 9.16 Å². The average molecular weight is 328 g/mol. The summed E-state index contributed by atoms with van der Waals surface area (Å²) in [5.74, 6) is 2.66. The molecule has 22 heavy (non-hydrogen) atoms. The number of likely N-dealkylation sites (N-methyl/N-ethyl adjacent to an activating group) is 1. The molecule has 0 unspecified atom stereocenters. The minimum Gasteiger partial charge on any atom is -0.444 e. The number of rotatable bonds is 4. The molecule has 0 aliphatic carbocycles. The first kappa shape index (κ1) is 21.0. The lowest BCUT2D eigenvalue weighted by molar-refractivity contribution is 0.0153. The van der Waals surface area contributed by atoms with E-state index in [1.165, 1.54) is 4.90 Å². The molecule has 0 aromatic heterocycles. The van der Waals surface area contributed by atoms with Gasteiger partial charge in [0.1, 0.15) is 11.6 Å². The molecular weight excluding hydrogens is 294 g/mol. The largest absolute Gasteiger partial charge is 0.444 e. The molecule has 0 spiro atoms. The van der Waals surface area contributed by atoms with Crippen LogP contribution >= 0.6 is 0 Å². The Hall–Kier alpha value is -0.993. The number of carbonyl (C=O) groups excluding carboxylic acids is 1. The van der Waals surface area contributed by atoms with Crippen LogP contribution in [0, 0.1) is 12.3 Å². The first-order valence-electron chi connectivity index (χ1n) is 7.72. The van der Waals surface area contributed by atoms with Gasteiger partial charge < -0.3 is 9.16 Å². The molecule has 0 bridgehead atoms. The fourth-order valence-electron chi connectivity index (χ4n) is 1.72. The van der Waals surface area contributed by atoms with Gasteiger partial charge in [0.2, 0.25) is 0 Å². The molecule has 0 aliphatic heterocycles. The van der Waals surface area contributed by atoms with Gasteiger partial charge in [-0.2, -0.15) is 0 Å². The molecule has 128 valence electrons. The smallest absolute Gasteiger partial charge is 0.411 e. The van der Waals surface area contributed by atoms with Crippen molar-refractivity contribution in [2.24, 2.45) is 0 Å². The topological polar surface area (TPSA) is 38.8 Å². The Morgan fingerprint density at radius 3 is 1.95 bits per heavy atom. The van der Waals surface area contributed by atoms with E-state index in [9.17, 15) is 4.79 Å². The van der Waals surface area contributed by atoms with Crippen LogP contribution < -0.4 is 0 Å². The lowest BCUT2D eigenvalue weighted by Crippen LogP contribution is -2.51. The van der Waals surface area contributed by atoms with E-state index in [1.54, 1.807) is 7.05 Å². The Balaban J connectivity index is 5.05. The SMILES string of the molecule is C#C[C@H]([C@@H](C)O[Si](C)(C)C(C)(C)C)N(C)C(=O)OC(C)(C)C. The van der Waals surface area contributed by atoms with Crippen LogP contribution in [0.2, 0.25) is 18.1 Å². The van der Waals surface area contributed by atoms with Crippen molar-refractivity contribution in [3.8, 4) is 12.3 Å². The Labute approximate surface area is 137 Å². The summed E-state index contributed by atoms with van der Waals surface area (Å²) in [6.45, 7) is 18.3. The second-order valence-corrected chi connectivity index (χ2v) is 13.0. The number of hydrogen-bond acceptors (Lipinski definition) is 3. The second-order valence-electron chi connectivity index (χ2n) is 8.29. The van der Waals surface area contributed by atoms with Gasteiger partial charge in [0.15, 0.2) is 8.32 Å². The zero-order valence-corrected chi connectivity index (χ0v) is 16.9. The van der Waals surface area contributed by atoms with E-state index in [-0.39, 0.29) is 11.1 Å². The third kappa shape index (κ3) is 6.02. The fourth-order valence-corrected chi connectivity index (χ4v) is 3.13. The van der Waals surface area contributed by atoms with E-state index in [0.717, 1.165) is 0 Å². The van der Waals surface area contributed by atoms with Gasteiger partial charge in [-0.3, -0.25) is 4.90 Å². The lowest BCUT2D eigenvalue weighted by atomic mass is 10.2. The predicted octanol–water partition coefficient (Wildman–Crippen LogP) is 4.27. The minimum atomic E-state index is -1.95. The van der Waals surface area contributed by atoms with E-state index >= 15 is 0 Å². The van der Waals surface area contributed by atoms with E-state index in [0.29, 0.717) is 0 Å². The molecule has 0 saturated heterocycles. The molecule has 4 nitrogen and oxygen atoms in total. The van der Waals surface area contributed by atoms with Gasteiger partial charge in [-0.25, -0.2) is 4.79 Å². The first-order chi connectivity index (χ1) is 9.62. The Kier molecular flexibility index (Phi) is 6.74. The zero-order valence-electron chi connectivity index (χ0n) is 15.9. The second kappa shape index (κ2) is 7.06. The summed E-state index contributed by atoms with van der Waals surface area (Å²) in [4.78, 5) is 13.6. The summed E-state index contributed by atoms with van der Waals surface area (Å²) in [7, 11) is -0.292. The molecule has 0 rings (SSSR count). The molecule has 0 N–H and O–H groups in total. The highest BCUT2D eigenvalue weighted by Gasteiger charge is 2.40. The van der Waals surface area contributed by atoms with Gasteiger partial charge in [0.05, 0.1) is 6.10 Å². The third-order valence-corrected chi connectivity index (χ3v) is 8.57. The highest BCUT2D eigenvalue weighted by molar-refractivity contribution is 6.74. The normalized spacial score (nSPS) is 15.7. The molecule has 0 fully saturated rings. The van der Waals surface area contributed by atoms with Crippen molar-refractivity contribution in [2.75, 3.05) is 7.05 Å². The molecule has 0 heterocycles. The van der Waals surface area contributed by atoms with E-state index in [2.05, 4.69) is 39.8 Å². The maximum absolute atomic E-state index is 12.2. The Bertz CT molecular complexity index is 427. The lowest BCUT2D eigenvalue weighted by Gasteiger charge is -2.41. The van der Waals surface area contributed by atoms with Crippen LogP contribution in [0.1, 0.15) is 48.5 Å². The molecule has 0 aromatic rings. The highest BCUT2D eigenvalue weighted by Crippen LogP contribution is 2.37. The number of terminal acetylenes is 1. The zero-order chi connectivity index (χ0) is 17.9. The summed E-state index contributed by atoms with van der Waals surface area (Å²) >= 11 is 0. The number of nitrogens with zero attached hydrogens (tertiary/aromatic N) is 1. The summed E-state index contributed by atoms with van der Waals surface area (Å²) in [5, 5.41) is 0.0882. The number of carbonyl (C=O) groups is 1. The Morgan fingerprint density at radius 2 is 1.64 bits per heavy atom. The number of hydrogen-bond donors (Lipinski definition) is 0. The minimum absolute atomic E-state index is 0.0882. The van der Waals surface area contributed by atoms with Crippen molar-refractivity contribution in [2.45, 2.75) is 84.3 Å². The van der Waals surface area contributed by atoms with Crippen LogP contribution in [0.25, 0.3) is 0 Å². The number of amides is 1. The monoisotopic (exact) mass is 327 g/mol. The Morgan fingerprint density at radius 1 is 1.18 bits per heavy atom. The van der Waals surface area contributed by atoms with Crippen molar-refractivity contribution in [1.82, 2.24) is 4.90 Å². The van der Waals surface area contributed by atoms with Crippen LogP contribution in [0.5, 0.6) is 0 Å². The van der Waals surface area contributed by atoms with Gasteiger partial charge in [0, 0.05) is 7.05 Å². The van der Waals surface area contributed by atoms with Gasteiger partial charge in [-0.15, -0.1) is 6.42 Å². The fraction of sp³-hybridized carbons (Fsp3) is 0.824. The van der Waals surface area contributed by atoms with Gasteiger partial charge in [-0.05, 0) is 45.8 Å². The molecule has 5 heteroatoms. The predicted molar refractivity (Wildman–Crippen MR) is 94.4 cm³/mol. The average Bonchev–Trinajstić information content (AvgIpc) is 2.24. The number of ether oxygens (including phenoxy) is 1. The van der Waals surface area contributed by atoms with E-state index in [4.69, 9.17) is 15.6 Å². The summed E-state index contributed by atoms with van der Waals surface area (Å²) in [6, 6.07) is -0.455. The van der Waals surface area contributed by atoms with Gasteiger partial charge in [0.25, 0.3) is 0 Å².